The van der Waals surface area contributed by atoms with E-state index in [4.69, 9.17) is 4.74 Å². The van der Waals surface area contributed by atoms with E-state index >= 15 is 0 Å². The number of carbonyl (C=O) groups is 1. The van der Waals surface area contributed by atoms with Gasteiger partial charge in [0.15, 0.2) is 0 Å². The maximum atomic E-state index is 11.3. The van der Waals surface area contributed by atoms with Gasteiger partial charge in [-0.2, -0.15) is 0 Å². The Bertz CT molecular complexity index is 474. The van der Waals surface area contributed by atoms with Crippen molar-refractivity contribution in [2.45, 2.75) is 13.8 Å². The minimum Gasteiger partial charge on any atom is -0.461 e. The third-order valence-electron chi connectivity index (χ3n) is 1.72. The SMILES string of the molecule is CCOC(=O)c1nn2c(C)ncc2s1. The second-order valence-electron chi connectivity index (χ2n) is 2.68. The van der Waals surface area contributed by atoms with Crippen LogP contribution in [-0.2, 0) is 4.74 Å². The Balaban J connectivity index is 2.40. The number of aryl methyl sites for hydroxylation is 1. The fraction of sp³-hybridized carbons (Fsp3) is 0.375. The zero-order chi connectivity index (χ0) is 10.1. The zero-order valence-corrected chi connectivity index (χ0v) is 8.67. The van der Waals surface area contributed by atoms with Gasteiger partial charge in [-0.3, -0.25) is 0 Å². The number of nitrogens with zero attached hydrogens (tertiary/aromatic N) is 3. The van der Waals surface area contributed by atoms with Gasteiger partial charge in [0.25, 0.3) is 0 Å². The Morgan fingerprint density at radius 3 is 3.14 bits per heavy atom. The average molecular weight is 211 g/mol. The molecule has 0 amide bonds. The molecule has 0 unspecified atom stereocenters. The molecule has 0 atom stereocenters. The van der Waals surface area contributed by atoms with E-state index in [9.17, 15) is 4.79 Å². The van der Waals surface area contributed by atoms with Gasteiger partial charge in [-0.1, -0.05) is 11.3 Å². The van der Waals surface area contributed by atoms with E-state index in [-0.39, 0.29) is 5.97 Å². The number of rotatable bonds is 2. The fourth-order valence-electron chi connectivity index (χ4n) is 1.09. The molecular formula is C8H9N3O2S. The molecule has 0 bridgehead atoms. The molecule has 0 aromatic carbocycles. The minimum absolute atomic E-state index is 0.366. The van der Waals surface area contributed by atoms with Crippen LogP contribution in [0.2, 0.25) is 0 Å². The second kappa shape index (κ2) is 3.38. The lowest BCUT2D eigenvalue weighted by molar-refractivity contribution is 0.0524. The first-order chi connectivity index (χ1) is 6.72. The standard InChI is InChI=1S/C8H9N3O2S/c1-3-13-8(12)7-10-11-5(2)9-4-6(11)14-7/h4H,3H2,1-2H3. The van der Waals surface area contributed by atoms with E-state index in [1.165, 1.54) is 11.3 Å². The van der Waals surface area contributed by atoms with Crippen molar-refractivity contribution >= 4 is 22.1 Å². The van der Waals surface area contributed by atoms with Crippen LogP contribution >= 0.6 is 11.3 Å². The van der Waals surface area contributed by atoms with Crippen LogP contribution in [0.3, 0.4) is 0 Å². The van der Waals surface area contributed by atoms with Crippen LogP contribution in [0.5, 0.6) is 0 Å². The smallest absolute Gasteiger partial charge is 0.369 e. The molecule has 0 saturated carbocycles. The summed E-state index contributed by atoms with van der Waals surface area (Å²) in [4.78, 5) is 16.2. The Labute approximate surface area is 84.3 Å². The molecule has 14 heavy (non-hydrogen) atoms. The zero-order valence-electron chi connectivity index (χ0n) is 7.85. The van der Waals surface area contributed by atoms with E-state index in [2.05, 4.69) is 10.1 Å². The minimum atomic E-state index is -0.374. The summed E-state index contributed by atoms with van der Waals surface area (Å²) >= 11 is 1.28. The van der Waals surface area contributed by atoms with Crippen molar-refractivity contribution in [1.29, 1.82) is 0 Å². The van der Waals surface area contributed by atoms with Crippen molar-refractivity contribution in [3.05, 3.63) is 17.0 Å². The lowest BCUT2D eigenvalue weighted by atomic mass is 10.7. The van der Waals surface area contributed by atoms with Crippen molar-refractivity contribution < 1.29 is 9.53 Å². The first-order valence-corrected chi connectivity index (χ1v) is 5.02. The van der Waals surface area contributed by atoms with Crippen molar-refractivity contribution in [3.63, 3.8) is 0 Å². The van der Waals surface area contributed by atoms with Crippen LogP contribution < -0.4 is 0 Å². The number of fused-ring (bicyclic) bond motifs is 1. The Kier molecular flexibility index (Phi) is 2.20. The molecular weight excluding hydrogens is 202 g/mol. The van der Waals surface area contributed by atoms with Crippen LogP contribution in [0.4, 0.5) is 0 Å². The van der Waals surface area contributed by atoms with E-state index in [0.717, 1.165) is 10.7 Å². The Morgan fingerprint density at radius 2 is 2.50 bits per heavy atom. The summed E-state index contributed by atoms with van der Waals surface area (Å²) in [6, 6.07) is 0. The van der Waals surface area contributed by atoms with E-state index in [0.29, 0.717) is 11.6 Å². The molecule has 0 N–H and O–H groups in total. The molecule has 0 aliphatic carbocycles. The molecule has 0 saturated heterocycles. The van der Waals surface area contributed by atoms with Crippen LogP contribution in [0, 0.1) is 6.92 Å². The monoisotopic (exact) mass is 211 g/mol. The number of ether oxygens (including phenoxy) is 1. The fourth-order valence-corrected chi connectivity index (χ4v) is 1.92. The molecule has 2 aromatic heterocycles. The summed E-state index contributed by atoms with van der Waals surface area (Å²) in [5, 5.41) is 4.46. The number of aromatic nitrogens is 3. The number of hydrogen-bond donors (Lipinski definition) is 0. The van der Waals surface area contributed by atoms with Gasteiger partial charge in [0.05, 0.1) is 12.8 Å². The maximum absolute atomic E-state index is 11.3. The number of imidazole rings is 1. The molecule has 6 heteroatoms. The second-order valence-corrected chi connectivity index (χ2v) is 3.69. The summed E-state index contributed by atoms with van der Waals surface area (Å²) in [5.74, 6) is 0.396. The molecule has 0 fully saturated rings. The lowest BCUT2D eigenvalue weighted by Gasteiger charge is -1.94. The third kappa shape index (κ3) is 1.37. The van der Waals surface area contributed by atoms with Gasteiger partial charge >= 0.3 is 5.97 Å². The highest BCUT2D eigenvalue weighted by atomic mass is 32.1. The summed E-state index contributed by atoms with van der Waals surface area (Å²) in [7, 11) is 0. The molecule has 0 spiro atoms. The van der Waals surface area contributed by atoms with Crippen LogP contribution in [0.25, 0.3) is 4.83 Å². The highest BCUT2D eigenvalue weighted by Gasteiger charge is 2.14. The van der Waals surface area contributed by atoms with Crippen molar-refractivity contribution in [1.82, 2.24) is 14.6 Å². The quantitative estimate of drug-likeness (QED) is 0.702. The normalized spacial score (nSPS) is 10.7. The van der Waals surface area contributed by atoms with Gasteiger partial charge in [0.2, 0.25) is 5.01 Å². The first kappa shape index (κ1) is 9.14. The summed E-state index contributed by atoms with van der Waals surface area (Å²) in [6.45, 7) is 3.97. The molecule has 0 aliphatic heterocycles. The first-order valence-electron chi connectivity index (χ1n) is 4.20. The third-order valence-corrected chi connectivity index (χ3v) is 2.65. The van der Waals surface area contributed by atoms with E-state index < -0.39 is 0 Å². The topological polar surface area (TPSA) is 56.5 Å². The van der Waals surface area contributed by atoms with E-state index in [1.54, 1.807) is 17.6 Å². The van der Waals surface area contributed by atoms with Crippen molar-refractivity contribution in [2.24, 2.45) is 0 Å². The summed E-state index contributed by atoms with van der Waals surface area (Å²) in [5.41, 5.74) is 0. The predicted octanol–water partition coefficient (Wildman–Crippen LogP) is 1.28. The average Bonchev–Trinajstić information content (AvgIpc) is 2.69. The molecule has 2 heterocycles. The van der Waals surface area contributed by atoms with Crippen LogP contribution in [0.1, 0.15) is 22.6 Å². The van der Waals surface area contributed by atoms with Crippen molar-refractivity contribution in [2.75, 3.05) is 6.61 Å². The van der Waals surface area contributed by atoms with Gasteiger partial charge in [0, 0.05) is 0 Å². The number of carbonyl (C=O) groups excluding carboxylic acids is 1. The lowest BCUT2D eigenvalue weighted by Crippen LogP contribution is -2.05. The van der Waals surface area contributed by atoms with Gasteiger partial charge in [0.1, 0.15) is 10.7 Å². The van der Waals surface area contributed by atoms with Gasteiger partial charge < -0.3 is 4.74 Å². The number of hydrogen-bond acceptors (Lipinski definition) is 5. The summed E-state index contributed by atoms with van der Waals surface area (Å²) in [6.07, 6.45) is 1.69. The highest BCUT2D eigenvalue weighted by molar-refractivity contribution is 7.18. The molecule has 74 valence electrons. The van der Waals surface area contributed by atoms with Crippen LogP contribution in [0.15, 0.2) is 6.20 Å². The Hall–Kier alpha value is -1.43. The molecule has 5 nitrogen and oxygen atoms in total. The Morgan fingerprint density at radius 1 is 1.71 bits per heavy atom. The van der Waals surface area contributed by atoms with Crippen molar-refractivity contribution in [3.8, 4) is 0 Å². The summed E-state index contributed by atoms with van der Waals surface area (Å²) < 4.78 is 6.48. The van der Waals surface area contributed by atoms with Gasteiger partial charge in [-0.25, -0.2) is 14.3 Å². The molecule has 2 aromatic rings. The molecule has 2 rings (SSSR count). The largest absolute Gasteiger partial charge is 0.461 e. The van der Waals surface area contributed by atoms with Gasteiger partial charge in [-0.15, -0.1) is 5.10 Å². The van der Waals surface area contributed by atoms with Crippen LogP contribution in [-0.4, -0.2) is 27.2 Å². The number of esters is 1. The van der Waals surface area contributed by atoms with Gasteiger partial charge in [-0.05, 0) is 13.8 Å². The highest BCUT2D eigenvalue weighted by Crippen LogP contribution is 2.16. The maximum Gasteiger partial charge on any atom is 0.369 e. The predicted molar refractivity (Wildman–Crippen MR) is 51.6 cm³/mol. The van der Waals surface area contributed by atoms with E-state index in [1.807, 2.05) is 6.92 Å². The molecule has 0 aliphatic rings. The molecule has 0 radical (unpaired) electrons.